The molecule has 30 heavy (non-hydrogen) atoms. The van der Waals surface area contributed by atoms with Crippen molar-refractivity contribution in [3.63, 3.8) is 0 Å². The standard InChI is InChI=1S/C26H35N3O/c1-18(2)29(17-20-7-5-4-6-8-20)25(30)24(15-27)16-28-19(3)26-12-21-9-22(13-26)11-23(10-21)14-26/h4-8,16,18-19,21-23,28H,9-14,17H2,1-3H3/b24-16-. The number of carbonyl (C=O) groups excluding carboxylic acids is 1. The Morgan fingerprint density at radius 1 is 1.13 bits per heavy atom. The highest BCUT2D eigenvalue weighted by Gasteiger charge is 2.53. The molecule has 4 heteroatoms. The molecule has 1 N–H and O–H groups in total. The van der Waals surface area contributed by atoms with Gasteiger partial charge in [-0.05, 0) is 88.0 Å². The third-order valence-electron chi connectivity index (χ3n) is 7.91. The Kier molecular flexibility index (Phi) is 5.91. The van der Waals surface area contributed by atoms with Crippen LogP contribution in [-0.4, -0.2) is 22.9 Å². The van der Waals surface area contributed by atoms with Crippen LogP contribution in [0, 0.1) is 34.5 Å². The predicted molar refractivity (Wildman–Crippen MR) is 119 cm³/mol. The van der Waals surface area contributed by atoms with Gasteiger partial charge >= 0.3 is 0 Å². The molecule has 160 valence electrons. The molecular formula is C26H35N3O. The summed E-state index contributed by atoms with van der Waals surface area (Å²) in [6.45, 7) is 6.77. The van der Waals surface area contributed by atoms with Crippen molar-refractivity contribution in [1.29, 1.82) is 5.26 Å². The fraction of sp³-hybridized carbons (Fsp3) is 0.615. The summed E-state index contributed by atoms with van der Waals surface area (Å²) in [5.74, 6) is 2.48. The minimum Gasteiger partial charge on any atom is -0.387 e. The first-order valence-electron chi connectivity index (χ1n) is 11.6. The first kappa shape index (κ1) is 21.0. The zero-order chi connectivity index (χ0) is 21.3. The average Bonchev–Trinajstić information content (AvgIpc) is 2.71. The fourth-order valence-electron chi connectivity index (χ4n) is 6.66. The first-order chi connectivity index (χ1) is 14.4. The third kappa shape index (κ3) is 4.13. The normalized spacial score (nSPS) is 30.8. The van der Waals surface area contributed by atoms with Crippen LogP contribution >= 0.6 is 0 Å². The molecule has 4 bridgehead atoms. The second kappa shape index (κ2) is 8.46. The van der Waals surface area contributed by atoms with Gasteiger partial charge in [0.05, 0.1) is 0 Å². The van der Waals surface area contributed by atoms with Crippen LogP contribution in [0.25, 0.3) is 0 Å². The third-order valence-corrected chi connectivity index (χ3v) is 7.91. The van der Waals surface area contributed by atoms with Crippen LogP contribution in [0.15, 0.2) is 42.1 Å². The summed E-state index contributed by atoms with van der Waals surface area (Å²) in [7, 11) is 0. The number of benzene rings is 1. The van der Waals surface area contributed by atoms with Crippen molar-refractivity contribution in [3.05, 3.63) is 47.7 Å². The van der Waals surface area contributed by atoms with Crippen LogP contribution in [0.2, 0.25) is 0 Å². The van der Waals surface area contributed by atoms with Gasteiger partial charge < -0.3 is 10.2 Å². The molecule has 5 rings (SSSR count). The molecular weight excluding hydrogens is 370 g/mol. The van der Waals surface area contributed by atoms with Gasteiger partial charge in [0.15, 0.2) is 0 Å². The lowest BCUT2D eigenvalue weighted by Gasteiger charge is -2.59. The first-order valence-corrected chi connectivity index (χ1v) is 11.6. The van der Waals surface area contributed by atoms with E-state index >= 15 is 0 Å². The van der Waals surface area contributed by atoms with E-state index in [9.17, 15) is 10.1 Å². The molecule has 0 spiro atoms. The molecule has 4 nitrogen and oxygen atoms in total. The van der Waals surface area contributed by atoms with Crippen molar-refractivity contribution >= 4 is 5.91 Å². The van der Waals surface area contributed by atoms with Crippen molar-refractivity contribution in [1.82, 2.24) is 10.2 Å². The lowest BCUT2D eigenvalue weighted by Crippen LogP contribution is -2.54. The van der Waals surface area contributed by atoms with E-state index < -0.39 is 0 Å². The van der Waals surface area contributed by atoms with E-state index in [-0.39, 0.29) is 17.5 Å². The molecule has 1 atom stereocenters. The van der Waals surface area contributed by atoms with Gasteiger partial charge in [0.2, 0.25) is 0 Å². The largest absolute Gasteiger partial charge is 0.387 e. The smallest absolute Gasteiger partial charge is 0.266 e. The zero-order valence-electron chi connectivity index (χ0n) is 18.6. The molecule has 4 saturated carbocycles. The second-order valence-corrected chi connectivity index (χ2v) is 10.4. The SMILES string of the molecule is CC(C)N(Cc1ccccc1)C(=O)/C(C#N)=C\NC(C)C12CC3CC(CC(C3)C1)C2. The molecule has 4 aliphatic carbocycles. The molecule has 1 aromatic rings. The van der Waals surface area contributed by atoms with Crippen molar-refractivity contribution in [3.8, 4) is 6.07 Å². The van der Waals surface area contributed by atoms with Crippen LogP contribution in [-0.2, 0) is 11.3 Å². The van der Waals surface area contributed by atoms with Gasteiger partial charge in [0.1, 0.15) is 11.6 Å². The van der Waals surface area contributed by atoms with Crippen molar-refractivity contribution in [2.45, 2.75) is 77.9 Å². The monoisotopic (exact) mass is 405 g/mol. The van der Waals surface area contributed by atoms with E-state index in [4.69, 9.17) is 0 Å². The molecule has 1 unspecified atom stereocenters. The summed E-state index contributed by atoms with van der Waals surface area (Å²) in [5.41, 5.74) is 1.62. The van der Waals surface area contributed by atoms with Crippen LogP contribution in [0.4, 0.5) is 0 Å². The van der Waals surface area contributed by atoms with E-state index in [2.05, 4.69) is 18.3 Å². The Morgan fingerprint density at radius 3 is 2.20 bits per heavy atom. The summed E-state index contributed by atoms with van der Waals surface area (Å²) >= 11 is 0. The van der Waals surface area contributed by atoms with Crippen molar-refractivity contribution < 1.29 is 4.79 Å². The maximum atomic E-state index is 13.2. The van der Waals surface area contributed by atoms with E-state index in [0.29, 0.717) is 18.0 Å². The van der Waals surface area contributed by atoms with Gasteiger partial charge in [0.25, 0.3) is 5.91 Å². The van der Waals surface area contributed by atoms with Crippen molar-refractivity contribution in [2.75, 3.05) is 0 Å². The number of nitriles is 1. The molecule has 0 saturated heterocycles. The fourth-order valence-corrected chi connectivity index (χ4v) is 6.66. The van der Waals surface area contributed by atoms with Gasteiger partial charge in [-0.2, -0.15) is 5.26 Å². The molecule has 1 aromatic carbocycles. The highest BCUT2D eigenvalue weighted by atomic mass is 16.2. The van der Waals surface area contributed by atoms with Gasteiger partial charge in [-0.1, -0.05) is 30.3 Å². The Labute approximate surface area is 181 Å². The highest BCUT2D eigenvalue weighted by molar-refractivity contribution is 5.97. The van der Waals surface area contributed by atoms with Crippen molar-refractivity contribution in [2.24, 2.45) is 23.2 Å². The molecule has 0 aromatic heterocycles. The molecule has 1 amide bonds. The molecule has 0 heterocycles. The minimum atomic E-state index is -0.193. The van der Waals surface area contributed by atoms with Gasteiger partial charge in [0, 0.05) is 24.8 Å². The van der Waals surface area contributed by atoms with Crippen LogP contribution in [0.3, 0.4) is 0 Å². The van der Waals surface area contributed by atoms with Gasteiger partial charge in [-0.25, -0.2) is 0 Å². The maximum Gasteiger partial charge on any atom is 0.266 e. The number of nitrogens with zero attached hydrogens (tertiary/aromatic N) is 2. The summed E-state index contributed by atoms with van der Waals surface area (Å²) in [6, 6.07) is 12.5. The topological polar surface area (TPSA) is 56.1 Å². The lowest BCUT2D eigenvalue weighted by atomic mass is 9.48. The lowest BCUT2D eigenvalue weighted by molar-refractivity contribution is -0.129. The predicted octanol–water partition coefficient (Wildman–Crippen LogP) is 5.03. The average molecular weight is 406 g/mol. The Bertz CT molecular complexity index is 800. The van der Waals surface area contributed by atoms with Crippen LogP contribution in [0.5, 0.6) is 0 Å². The quantitative estimate of drug-likeness (QED) is 0.511. The second-order valence-electron chi connectivity index (χ2n) is 10.4. The molecule has 0 aliphatic heterocycles. The summed E-state index contributed by atoms with van der Waals surface area (Å²) < 4.78 is 0. The van der Waals surface area contributed by atoms with Gasteiger partial charge in [-0.15, -0.1) is 0 Å². The highest BCUT2D eigenvalue weighted by Crippen LogP contribution is 2.61. The Hall–Kier alpha value is -2.28. The Morgan fingerprint density at radius 2 is 1.70 bits per heavy atom. The number of rotatable bonds is 7. The number of carbonyl (C=O) groups is 1. The molecule has 0 radical (unpaired) electrons. The van der Waals surface area contributed by atoms with E-state index in [0.717, 1.165) is 23.3 Å². The summed E-state index contributed by atoms with van der Waals surface area (Å²) in [5, 5.41) is 13.2. The Balaban J connectivity index is 1.46. The molecule has 4 fully saturated rings. The maximum absolute atomic E-state index is 13.2. The minimum absolute atomic E-state index is 0.0232. The van der Waals surface area contributed by atoms with E-state index in [1.54, 1.807) is 11.1 Å². The number of hydrogen-bond donors (Lipinski definition) is 1. The van der Waals surface area contributed by atoms with Crippen LogP contribution < -0.4 is 5.32 Å². The molecule has 4 aliphatic rings. The van der Waals surface area contributed by atoms with Gasteiger partial charge in [-0.3, -0.25) is 4.79 Å². The summed E-state index contributed by atoms with van der Waals surface area (Å²) in [6.07, 6.45) is 9.90. The number of hydrogen-bond acceptors (Lipinski definition) is 3. The summed E-state index contributed by atoms with van der Waals surface area (Å²) in [4.78, 5) is 15.0. The zero-order valence-corrected chi connectivity index (χ0v) is 18.6. The van der Waals surface area contributed by atoms with E-state index in [1.165, 1.54) is 38.5 Å². The number of amides is 1. The van der Waals surface area contributed by atoms with Crippen LogP contribution in [0.1, 0.15) is 64.9 Å². The number of nitrogens with one attached hydrogen (secondary N) is 1. The van der Waals surface area contributed by atoms with E-state index in [1.807, 2.05) is 44.2 Å².